The Bertz CT molecular complexity index is 537. The lowest BCUT2D eigenvalue weighted by Gasteiger charge is -2.27. The fourth-order valence-electron chi connectivity index (χ4n) is 2.84. The van der Waals surface area contributed by atoms with Crippen LogP contribution >= 0.6 is 0 Å². The second kappa shape index (κ2) is 8.69. The fraction of sp³-hybridized carbons (Fsp3) is 0.625. The molecule has 7 nitrogen and oxygen atoms in total. The maximum Gasteiger partial charge on any atom is 0.150 e. The molecule has 3 unspecified atom stereocenters. The van der Waals surface area contributed by atoms with Crippen molar-refractivity contribution >= 4 is 5.69 Å². The molecule has 1 N–H and O–H groups in total. The van der Waals surface area contributed by atoms with Crippen molar-refractivity contribution in [1.29, 1.82) is 0 Å². The van der Waals surface area contributed by atoms with E-state index in [1.807, 2.05) is 6.07 Å². The summed E-state index contributed by atoms with van der Waals surface area (Å²) in [6.45, 7) is 0.518. The van der Waals surface area contributed by atoms with Crippen molar-refractivity contribution in [1.82, 2.24) is 0 Å². The van der Waals surface area contributed by atoms with Crippen molar-refractivity contribution < 1.29 is 14.6 Å². The minimum atomic E-state index is -0.375. The van der Waals surface area contributed by atoms with Crippen molar-refractivity contribution in [2.24, 2.45) is 10.4 Å². The smallest absolute Gasteiger partial charge is 0.150 e. The summed E-state index contributed by atoms with van der Waals surface area (Å²) < 4.78 is 10.6. The summed E-state index contributed by atoms with van der Waals surface area (Å²) in [6, 6.07) is 4.82. The quantitative estimate of drug-likeness (QED) is 0.742. The first-order valence-electron chi connectivity index (χ1n) is 7.78. The maximum atomic E-state index is 11.0. The lowest BCUT2D eigenvalue weighted by molar-refractivity contribution is -0.0487. The maximum absolute atomic E-state index is 11.0. The van der Waals surface area contributed by atoms with Gasteiger partial charge in [-0.05, 0) is 55.0 Å². The molecule has 1 aromatic rings. The van der Waals surface area contributed by atoms with E-state index >= 15 is 0 Å². The summed E-state index contributed by atoms with van der Waals surface area (Å²) in [5, 5.41) is 15.8. The number of aryl methyl sites for hydroxylation is 1. The molecule has 1 fully saturated rings. The zero-order valence-electron chi connectivity index (χ0n) is 13.2. The van der Waals surface area contributed by atoms with Gasteiger partial charge in [0.05, 0.1) is 25.4 Å². The molecule has 0 bridgehead atoms. The van der Waals surface area contributed by atoms with E-state index in [0.717, 1.165) is 5.56 Å². The normalized spacial score (nSPS) is 22.3. The van der Waals surface area contributed by atoms with Gasteiger partial charge in [-0.25, -0.2) is 0 Å². The van der Waals surface area contributed by atoms with Crippen LogP contribution in [-0.2, 0) is 11.2 Å². The SMILES string of the molecule is COc1ccc(CCC(CC2CC(O)CCO2)N=O)cc1N=O. The average molecular weight is 322 g/mol. The Balaban J connectivity index is 1.89. The minimum Gasteiger partial charge on any atom is -0.494 e. The summed E-state index contributed by atoms with van der Waals surface area (Å²) in [4.78, 5) is 21.8. The highest BCUT2D eigenvalue weighted by Gasteiger charge is 2.24. The highest BCUT2D eigenvalue weighted by atomic mass is 16.5. The molecule has 0 aliphatic carbocycles. The van der Waals surface area contributed by atoms with E-state index in [1.165, 1.54) is 7.11 Å². The van der Waals surface area contributed by atoms with Gasteiger partial charge in [-0.2, -0.15) is 4.91 Å². The largest absolute Gasteiger partial charge is 0.494 e. The van der Waals surface area contributed by atoms with Gasteiger partial charge in [0.15, 0.2) is 0 Å². The number of aliphatic hydroxyl groups excluding tert-OH is 1. The molecule has 126 valence electrons. The third-order valence-electron chi connectivity index (χ3n) is 4.13. The molecule has 7 heteroatoms. The second-order valence-electron chi connectivity index (χ2n) is 5.80. The number of benzene rings is 1. The Kier molecular flexibility index (Phi) is 6.61. The first-order chi connectivity index (χ1) is 11.2. The number of aliphatic hydroxyl groups is 1. The van der Waals surface area contributed by atoms with Gasteiger partial charge >= 0.3 is 0 Å². The van der Waals surface area contributed by atoms with Gasteiger partial charge in [-0.15, -0.1) is 4.91 Å². The van der Waals surface area contributed by atoms with E-state index in [2.05, 4.69) is 10.4 Å². The molecule has 0 aromatic heterocycles. The van der Waals surface area contributed by atoms with Crippen LogP contribution in [0, 0.1) is 9.81 Å². The lowest BCUT2D eigenvalue weighted by atomic mass is 9.96. The van der Waals surface area contributed by atoms with E-state index in [-0.39, 0.29) is 23.9 Å². The molecule has 0 spiro atoms. The molecule has 23 heavy (non-hydrogen) atoms. The molecule has 1 aromatic carbocycles. The van der Waals surface area contributed by atoms with Crippen molar-refractivity contribution in [3.8, 4) is 5.75 Å². The number of methoxy groups -OCH3 is 1. The van der Waals surface area contributed by atoms with Crippen molar-refractivity contribution in [3.05, 3.63) is 33.6 Å². The molecule has 0 radical (unpaired) electrons. The fourth-order valence-corrected chi connectivity index (χ4v) is 2.84. The average Bonchev–Trinajstić information content (AvgIpc) is 2.58. The molecule has 0 saturated carbocycles. The van der Waals surface area contributed by atoms with E-state index in [0.29, 0.717) is 44.5 Å². The summed E-state index contributed by atoms with van der Waals surface area (Å²) in [5.74, 6) is 0.429. The number of nitroso groups, excluding NO2 is 2. The van der Waals surface area contributed by atoms with Gasteiger partial charge < -0.3 is 14.6 Å². The summed E-state index contributed by atoms with van der Waals surface area (Å²) >= 11 is 0. The third-order valence-corrected chi connectivity index (χ3v) is 4.13. The molecular weight excluding hydrogens is 300 g/mol. The third kappa shape index (κ3) is 5.07. The van der Waals surface area contributed by atoms with Gasteiger partial charge in [-0.3, -0.25) is 0 Å². The Morgan fingerprint density at radius 2 is 2.26 bits per heavy atom. The first kappa shape index (κ1) is 17.5. The van der Waals surface area contributed by atoms with Gasteiger partial charge in [0.25, 0.3) is 0 Å². The molecule has 1 heterocycles. The van der Waals surface area contributed by atoms with Crippen LogP contribution < -0.4 is 4.74 Å². The Morgan fingerprint density at radius 3 is 2.91 bits per heavy atom. The van der Waals surface area contributed by atoms with Crippen molar-refractivity contribution in [2.45, 2.75) is 50.4 Å². The van der Waals surface area contributed by atoms with Gasteiger partial charge in [-0.1, -0.05) is 11.2 Å². The number of ether oxygens (including phenoxy) is 2. The van der Waals surface area contributed by atoms with Crippen LogP contribution in [-0.4, -0.2) is 37.1 Å². The summed E-state index contributed by atoms with van der Waals surface area (Å²) in [6.07, 6.45) is 2.39. The van der Waals surface area contributed by atoms with Crippen molar-refractivity contribution in [3.63, 3.8) is 0 Å². The monoisotopic (exact) mass is 322 g/mol. The molecule has 1 aliphatic heterocycles. The highest BCUT2D eigenvalue weighted by molar-refractivity contribution is 5.53. The first-order valence-corrected chi connectivity index (χ1v) is 7.78. The van der Waals surface area contributed by atoms with E-state index < -0.39 is 0 Å². The molecule has 2 rings (SSSR count). The molecule has 1 aliphatic rings. The zero-order chi connectivity index (χ0) is 16.7. The Labute approximate surface area is 134 Å². The Morgan fingerprint density at radius 1 is 1.43 bits per heavy atom. The van der Waals surface area contributed by atoms with Crippen LogP contribution in [0.1, 0.15) is 31.2 Å². The number of hydrogen-bond donors (Lipinski definition) is 1. The van der Waals surface area contributed by atoms with Crippen LogP contribution in [0.2, 0.25) is 0 Å². The highest BCUT2D eigenvalue weighted by Crippen LogP contribution is 2.29. The van der Waals surface area contributed by atoms with E-state index in [1.54, 1.807) is 12.1 Å². The zero-order valence-corrected chi connectivity index (χ0v) is 13.2. The van der Waals surface area contributed by atoms with E-state index in [9.17, 15) is 14.9 Å². The number of hydrogen-bond acceptors (Lipinski definition) is 7. The lowest BCUT2D eigenvalue weighted by Crippen LogP contribution is -2.31. The molecule has 1 saturated heterocycles. The summed E-state index contributed by atoms with van der Waals surface area (Å²) in [7, 11) is 1.48. The second-order valence-corrected chi connectivity index (χ2v) is 5.80. The van der Waals surface area contributed by atoms with E-state index in [4.69, 9.17) is 9.47 Å². The number of nitrogens with zero attached hydrogens (tertiary/aromatic N) is 2. The van der Waals surface area contributed by atoms with Crippen LogP contribution in [0.25, 0.3) is 0 Å². The predicted molar refractivity (Wildman–Crippen MR) is 86.0 cm³/mol. The van der Waals surface area contributed by atoms with Crippen LogP contribution in [0.4, 0.5) is 5.69 Å². The molecule has 3 atom stereocenters. The predicted octanol–water partition coefficient (Wildman–Crippen LogP) is 3.09. The van der Waals surface area contributed by atoms with Gasteiger partial charge in [0.1, 0.15) is 11.4 Å². The van der Waals surface area contributed by atoms with Gasteiger partial charge in [0.2, 0.25) is 0 Å². The molecule has 0 amide bonds. The molecular formula is C16H22N2O5. The topological polar surface area (TPSA) is 97.6 Å². The number of rotatable bonds is 8. The minimum absolute atomic E-state index is 0.121. The van der Waals surface area contributed by atoms with Crippen molar-refractivity contribution in [2.75, 3.05) is 13.7 Å². The standard InChI is InChI=1S/C16H22N2O5/c1-22-16-5-3-11(8-15(16)18-21)2-4-12(17-20)9-14-10-13(19)6-7-23-14/h3,5,8,12-14,19H,2,4,6-7,9-10H2,1H3. The van der Waals surface area contributed by atoms with Gasteiger partial charge in [0, 0.05) is 6.61 Å². The van der Waals surface area contributed by atoms with Crippen LogP contribution in [0.5, 0.6) is 5.75 Å². The Hall–Kier alpha value is -1.86. The summed E-state index contributed by atoms with van der Waals surface area (Å²) in [5.41, 5.74) is 1.15. The van der Waals surface area contributed by atoms with Crippen LogP contribution in [0.3, 0.4) is 0 Å². The van der Waals surface area contributed by atoms with Crippen LogP contribution in [0.15, 0.2) is 28.6 Å².